The Morgan fingerprint density at radius 1 is 1.25 bits per heavy atom. The summed E-state index contributed by atoms with van der Waals surface area (Å²) in [6.45, 7) is 5.96. The van der Waals surface area contributed by atoms with Crippen LogP contribution in [-0.2, 0) is 4.79 Å². The average molecular weight is 442 g/mol. The first kappa shape index (κ1) is 22.4. The number of halogens is 1. The number of amides is 1. The Bertz CT molecular complexity index is 967. The van der Waals surface area contributed by atoms with Crippen LogP contribution in [0.2, 0.25) is 0 Å². The number of aldehydes is 1. The number of H-pyrrole nitrogens is 1. The van der Waals surface area contributed by atoms with Gasteiger partial charge in [0.05, 0.1) is 6.54 Å². The van der Waals surface area contributed by atoms with E-state index in [-0.39, 0.29) is 5.91 Å². The molecule has 172 valence electrons. The smallest absolute Gasteiger partial charge is 0.270 e. The molecule has 3 heterocycles. The molecule has 0 spiro atoms. The zero-order valence-electron chi connectivity index (χ0n) is 19.0. The molecule has 0 radical (unpaired) electrons. The van der Waals surface area contributed by atoms with E-state index in [9.17, 15) is 14.0 Å². The zero-order valence-corrected chi connectivity index (χ0v) is 19.0. The highest BCUT2D eigenvalue weighted by Crippen LogP contribution is 2.38. The van der Waals surface area contributed by atoms with Gasteiger partial charge in [0, 0.05) is 24.9 Å². The minimum Gasteiger partial charge on any atom is -0.488 e. The number of aromatic amines is 1. The Morgan fingerprint density at radius 2 is 2.03 bits per heavy atom. The maximum atomic E-state index is 14.5. The molecule has 1 N–H and O–H groups in total. The second kappa shape index (κ2) is 9.35. The van der Waals surface area contributed by atoms with Crippen molar-refractivity contribution in [3.05, 3.63) is 46.8 Å². The lowest BCUT2D eigenvalue weighted by atomic mass is 9.91. The zero-order chi connectivity index (χ0) is 22.7. The molecule has 0 atom stereocenters. The molecule has 7 heteroatoms. The second-order valence-electron chi connectivity index (χ2n) is 8.74. The average Bonchev–Trinajstić information content (AvgIpc) is 3.27. The van der Waals surface area contributed by atoms with Gasteiger partial charge in [-0.3, -0.25) is 9.59 Å². The number of alkyl halides is 1. The van der Waals surface area contributed by atoms with E-state index in [1.54, 1.807) is 11.0 Å². The SMILES string of the molecule is CC/C=C/C1=C(C=O)CCC(N2CCOc3cc(C(=O)N4CCC(F)(CC)CC4)[nH]c32)=C1. The van der Waals surface area contributed by atoms with Crippen LogP contribution in [0.15, 0.2) is 41.1 Å². The van der Waals surface area contributed by atoms with E-state index in [1.165, 1.54) is 0 Å². The van der Waals surface area contributed by atoms with Gasteiger partial charge in [0.15, 0.2) is 11.6 Å². The van der Waals surface area contributed by atoms with Crippen LogP contribution in [-0.4, -0.2) is 54.0 Å². The molecule has 0 saturated carbocycles. The number of nitrogens with zero attached hydrogens (tertiary/aromatic N) is 2. The van der Waals surface area contributed by atoms with Gasteiger partial charge in [-0.25, -0.2) is 4.39 Å². The number of allylic oxidation sites excluding steroid dienone is 6. The van der Waals surface area contributed by atoms with Crippen molar-refractivity contribution in [1.29, 1.82) is 0 Å². The molecule has 2 aliphatic heterocycles. The number of piperidine rings is 1. The fourth-order valence-electron chi connectivity index (χ4n) is 4.62. The first-order chi connectivity index (χ1) is 15.5. The fraction of sp³-hybridized carbons (Fsp3) is 0.520. The highest BCUT2D eigenvalue weighted by molar-refractivity contribution is 5.94. The monoisotopic (exact) mass is 441 g/mol. The minimum absolute atomic E-state index is 0.117. The predicted molar refractivity (Wildman–Crippen MR) is 123 cm³/mol. The van der Waals surface area contributed by atoms with Crippen molar-refractivity contribution < 1.29 is 18.7 Å². The van der Waals surface area contributed by atoms with Crippen LogP contribution >= 0.6 is 0 Å². The summed E-state index contributed by atoms with van der Waals surface area (Å²) in [6.07, 6.45) is 10.7. The van der Waals surface area contributed by atoms with Gasteiger partial charge in [-0.05, 0) is 55.7 Å². The van der Waals surface area contributed by atoms with Crippen molar-refractivity contribution in [3.63, 3.8) is 0 Å². The number of carbonyl (C=O) groups is 2. The van der Waals surface area contributed by atoms with Crippen LogP contribution in [0, 0.1) is 0 Å². The van der Waals surface area contributed by atoms with Gasteiger partial charge in [-0.2, -0.15) is 0 Å². The first-order valence-electron chi connectivity index (χ1n) is 11.6. The predicted octanol–water partition coefficient (Wildman–Crippen LogP) is 4.71. The Hall–Kier alpha value is -2.83. The van der Waals surface area contributed by atoms with Crippen molar-refractivity contribution in [2.24, 2.45) is 0 Å². The summed E-state index contributed by atoms with van der Waals surface area (Å²) < 4.78 is 20.4. The van der Waals surface area contributed by atoms with Crippen LogP contribution in [0.25, 0.3) is 0 Å². The van der Waals surface area contributed by atoms with Crippen molar-refractivity contribution >= 4 is 18.0 Å². The van der Waals surface area contributed by atoms with Crippen molar-refractivity contribution in [2.45, 2.75) is 58.0 Å². The number of anilines is 1. The summed E-state index contributed by atoms with van der Waals surface area (Å²) in [7, 11) is 0. The standard InChI is InChI=1S/C25H32FN3O3/c1-3-5-6-18-15-20(8-7-19(18)17-30)29-13-14-32-22-16-21(27-23(22)29)24(31)28-11-9-25(26,4-2)10-12-28/h5-6,15-17,27H,3-4,7-14H2,1-2H3/b6-5+. The topological polar surface area (TPSA) is 65.6 Å². The summed E-state index contributed by atoms with van der Waals surface area (Å²) >= 11 is 0. The molecule has 1 aliphatic carbocycles. The second-order valence-corrected chi connectivity index (χ2v) is 8.74. The number of hydrogen-bond acceptors (Lipinski definition) is 4. The van der Waals surface area contributed by atoms with Gasteiger partial charge < -0.3 is 19.5 Å². The van der Waals surface area contributed by atoms with Gasteiger partial charge in [0.1, 0.15) is 24.3 Å². The Balaban J connectivity index is 1.56. The lowest BCUT2D eigenvalue weighted by molar-refractivity contribution is -0.105. The molecular weight excluding hydrogens is 409 g/mol. The Kier molecular flexibility index (Phi) is 6.53. The molecule has 1 fully saturated rings. The molecule has 0 aromatic carbocycles. The van der Waals surface area contributed by atoms with Gasteiger partial charge >= 0.3 is 0 Å². The van der Waals surface area contributed by atoms with E-state index < -0.39 is 5.67 Å². The molecule has 4 rings (SSSR count). The molecule has 1 aromatic rings. The summed E-state index contributed by atoms with van der Waals surface area (Å²) in [5, 5.41) is 0. The summed E-state index contributed by atoms with van der Waals surface area (Å²) in [6, 6.07) is 1.76. The number of hydrogen-bond donors (Lipinski definition) is 1. The maximum absolute atomic E-state index is 14.5. The highest BCUT2D eigenvalue weighted by Gasteiger charge is 2.35. The fourth-order valence-corrected chi connectivity index (χ4v) is 4.62. The molecule has 1 aromatic heterocycles. The minimum atomic E-state index is -1.16. The highest BCUT2D eigenvalue weighted by atomic mass is 19.1. The summed E-state index contributed by atoms with van der Waals surface area (Å²) in [4.78, 5) is 31.7. The quantitative estimate of drug-likeness (QED) is 0.650. The molecule has 0 bridgehead atoms. The molecular formula is C25H32FN3O3. The van der Waals surface area contributed by atoms with Gasteiger partial charge in [-0.1, -0.05) is 26.0 Å². The maximum Gasteiger partial charge on any atom is 0.270 e. The number of ether oxygens (including phenoxy) is 1. The Morgan fingerprint density at radius 3 is 2.72 bits per heavy atom. The van der Waals surface area contributed by atoms with Crippen LogP contribution < -0.4 is 9.64 Å². The lowest BCUT2D eigenvalue weighted by Gasteiger charge is -2.35. The third-order valence-corrected chi connectivity index (χ3v) is 6.78. The molecule has 32 heavy (non-hydrogen) atoms. The van der Waals surface area contributed by atoms with Crippen LogP contribution in [0.4, 0.5) is 10.2 Å². The molecule has 1 saturated heterocycles. The van der Waals surface area contributed by atoms with Crippen LogP contribution in [0.5, 0.6) is 5.75 Å². The third kappa shape index (κ3) is 4.38. The van der Waals surface area contributed by atoms with Crippen molar-refractivity contribution in [1.82, 2.24) is 9.88 Å². The lowest BCUT2D eigenvalue weighted by Crippen LogP contribution is -2.44. The Labute approximate surface area is 188 Å². The normalized spacial score (nSPS) is 20.8. The molecule has 6 nitrogen and oxygen atoms in total. The molecule has 0 unspecified atom stereocenters. The number of likely N-dealkylation sites (tertiary alicyclic amines) is 1. The van der Waals surface area contributed by atoms with E-state index in [0.29, 0.717) is 63.4 Å². The van der Waals surface area contributed by atoms with Crippen LogP contribution in [0.3, 0.4) is 0 Å². The van der Waals surface area contributed by atoms with Crippen molar-refractivity contribution in [2.75, 3.05) is 31.1 Å². The number of rotatable bonds is 6. The van der Waals surface area contributed by atoms with E-state index in [1.807, 2.05) is 13.0 Å². The van der Waals surface area contributed by atoms with Crippen molar-refractivity contribution in [3.8, 4) is 5.75 Å². The summed E-state index contributed by atoms with van der Waals surface area (Å²) in [5.74, 6) is 1.31. The van der Waals surface area contributed by atoms with E-state index in [4.69, 9.17) is 4.74 Å². The van der Waals surface area contributed by atoms with Gasteiger partial charge in [0.25, 0.3) is 5.91 Å². The third-order valence-electron chi connectivity index (χ3n) is 6.78. The first-order valence-corrected chi connectivity index (χ1v) is 11.6. The van der Waals surface area contributed by atoms with E-state index in [0.717, 1.165) is 41.8 Å². The van der Waals surface area contributed by atoms with E-state index >= 15 is 0 Å². The van der Waals surface area contributed by atoms with Gasteiger partial charge in [-0.15, -0.1) is 0 Å². The number of carbonyl (C=O) groups excluding carboxylic acids is 2. The van der Waals surface area contributed by atoms with Crippen LogP contribution in [0.1, 0.15) is 62.9 Å². The summed E-state index contributed by atoms with van der Waals surface area (Å²) in [5.41, 5.74) is 2.17. The number of fused-ring (bicyclic) bond motifs is 1. The largest absolute Gasteiger partial charge is 0.488 e. The molecule has 3 aliphatic rings. The molecule has 1 amide bonds. The van der Waals surface area contributed by atoms with E-state index in [2.05, 4.69) is 29.0 Å². The number of aromatic nitrogens is 1. The van der Waals surface area contributed by atoms with Gasteiger partial charge in [0.2, 0.25) is 0 Å². The number of nitrogens with one attached hydrogen (secondary N) is 1.